The zero-order chi connectivity index (χ0) is 24.3. The van der Waals surface area contributed by atoms with Crippen molar-refractivity contribution < 1.29 is 30.0 Å². The molecule has 7 nitrogen and oxygen atoms in total. The largest absolute Gasteiger partial charge is 0.299 e. The lowest BCUT2D eigenvalue weighted by atomic mass is 9.70. The van der Waals surface area contributed by atoms with Crippen LogP contribution in [0.1, 0.15) is 33.1 Å². The molecule has 2 unspecified atom stereocenters. The van der Waals surface area contributed by atoms with Crippen LogP contribution < -0.4 is 0 Å². The van der Waals surface area contributed by atoms with E-state index in [-0.39, 0.29) is 18.1 Å². The van der Waals surface area contributed by atoms with Gasteiger partial charge in [-0.15, -0.1) is 0 Å². The molecule has 2 aromatic carbocycles. The van der Waals surface area contributed by atoms with E-state index in [1.54, 1.807) is 12.1 Å². The molecule has 2 aliphatic rings. The number of ketones is 1. The predicted molar refractivity (Wildman–Crippen MR) is 123 cm³/mol. The highest BCUT2D eigenvalue weighted by Crippen LogP contribution is 2.64. The van der Waals surface area contributed by atoms with Crippen LogP contribution in [0.25, 0.3) is 0 Å². The summed E-state index contributed by atoms with van der Waals surface area (Å²) in [5.74, 6) is -1.05. The summed E-state index contributed by atoms with van der Waals surface area (Å²) in [5.41, 5.74) is -1.97. The van der Waals surface area contributed by atoms with Gasteiger partial charge >= 0.3 is 0 Å². The fourth-order valence-electron chi connectivity index (χ4n) is 5.52. The Kier molecular flexibility index (Phi) is 5.66. The van der Waals surface area contributed by atoms with Crippen molar-refractivity contribution in [1.29, 1.82) is 0 Å². The van der Waals surface area contributed by atoms with Crippen molar-refractivity contribution in [1.82, 2.24) is 0 Å². The number of carbonyl (C=O) groups excluding carboxylic acids is 1. The first-order chi connectivity index (χ1) is 15.3. The van der Waals surface area contributed by atoms with E-state index in [2.05, 4.69) is 0 Å². The highest BCUT2D eigenvalue weighted by atomic mass is 32.3. The second kappa shape index (κ2) is 7.74. The van der Waals surface area contributed by atoms with Crippen LogP contribution in [0.5, 0.6) is 0 Å². The fourth-order valence-corrected chi connectivity index (χ4v) is 14.7. The molecule has 178 valence electrons. The maximum Gasteiger partial charge on any atom is 0.271 e. The summed E-state index contributed by atoms with van der Waals surface area (Å²) in [7, 11) is -14.6. The summed E-state index contributed by atoms with van der Waals surface area (Å²) in [5, 5.41) is 0. The Hall–Kier alpha value is -2.04. The van der Waals surface area contributed by atoms with Crippen molar-refractivity contribution in [3.63, 3.8) is 0 Å². The van der Waals surface area contributed by atoms with Gasteiger partial charge in [0.25, 0.3) is 3.91 Å². The van der Waals surface area contributed by atoms with Gasteiger partial charge in [-0.05, 0) is 48.4 Å². The maximum atomic E-state index is 13.8. The molecule has 2 fully saturated rings. The third kappa shape index (κ3) is 3.57. The lowest BCUT2D eigenvalue weighted by Crippen LogP contribution is -2.48. The Morgan fingerprint density at radius 3 is 1.64 bits per heavy atom. The summed E-state index contributed by atoms with van der Waals surface area (Å²) < 4.78 is 79.2. The molecule has 2 saturated carbocycles. The number of Topliss-reactive ketones (excluding diaryl/α,β-unsaturated/α-hetero) is 1. The SMILES string of the molecule is CC1(C)C2CCC1(CS(=O)(=O)C(S(=O)(=O)c1ccccc1)S(=O)(=O)c1ccccc1)C(=O)C2. The van der Waals surface area contributed by atoms with Crippen LogP contribution >= 0.6 is 0 Å². The van der Waals surface area contributed by atoms with Crippen LogP contribution in [0.15, 0.2) is 70.5 Å². The number of hydrogen-bond acceptors (Lipinski definition) is 7. The predicted octanol–water partition coefficient (Wildman–Crippen LogP) is 3.03. The van der Waals surface area contributed by atoms with E-state index in [0.29, 0.717) is 12.8 Å². The maximum absolute atomic E-state index is 13.8. The van der Waals surface area contributed by atoms with Gasteiger partial charge in [0, 0.05) is 11.8 Å². The van der Waals surface area contributed by atoms with Crippen molar-refractivity contribution >= 4 is 35.3 Å². The van der Waals surface area contributed by atoms with E-state index in [4.69, 9.17) is 0 Å². The molecule has 0 heterocycles. The minimum atomic E-state index is -4.87. The third-order valence-corrected chi connectivity index (χ3v) is 16.7. The molecular weight excluding hydrogens is 484 g/mol. The quantitative estimate of drug-likeness (QED) is 0.561. The second-order valence-corrected chi connectivity index (χ2v) is 16.5. The summed E-state index contributed by atoms with van der Waals surface area (Å²) in [4.78, 5) is 12.1. The fraction of sp³-hybridized carbons (Fsp3) is 0.435. The zero-order valence-electron chi connectivity index (χ0n) is 18.3. The number of hydrogen-bond donors (Lipinski definition) is 0. The first-order valence-corrected chi connectivity index (χ1v) is 15.4. The Morgan fingerprint density at radius 2 is 1.27 bits per heavy atom. The van der Waals surface area contributed by atoms with Crippen LogP contribution in [0.3, 0.4) is 0 Å². The average molecular weight is 511 g/mol. The summed E-state index contributed by atoms with van der Waals surface area (Å²) in [6, 6.07) is 13.4. The second-order valence-electron chi connectivity index (χ2n) is 9.48. The molecule has 0 saturated heterocycles. The molecule has 10 heteroatoms. The van der Waals surface area contributed by atoms with Crippen molar-refractivity contribution in [2.24, 2.45) is 16.7 Å². The topological polar surface area (TPSA) is 119 Å². The van der Waals surface area contributed by atoms with Gasteiger partial charge in [-0.2, -0.15) is 0 Å². The van der Waals surface area contributed by atoms with E-state index in [1.165, 1.54) is 48.5 Å². The molecule has 0 radical (unpaired) electrons. The number of rotatable bonds is 7. The molecule has 2 aromatic rings. The Morgan fingerprint density at radius 1 is 0.818 bits per heavy atom. The molecule has 0 aromatic heterocycles. The van der Waals surface area contributed by atoms with Gasteiger partial charge in [-0.25, -0.2) is 25.3 Å². The Bertz CT molecular complexity index is 1330. The average Bonchev–Trinajstić information content (AvgIpc) is 3.08. The highest BCUT2D eigenvalue weighted by Gasteiger charge is 2.67. The smallest absolute Gasteiger partial charge is 0.271 e. The van der Waals surface area contributed by atoms with Crippen LogP contribution in [0.4, 0.5) is 0 Å². The van der Waals surface area contributed by atoms with Crippen molar-refractivity contribution in [2.45, 2.75) is 46.8 Å². The summed E-state index contributed by atoms with van der Waals surface area (Å²) in [6.45, 7) is 3.63. The highest BCUT2D eigenvalue weighted by molar-refractivity contribution is 8.24. The van der Waals surface area contributed by atoms with Gasteiger partial charge in [-0.3, -0.25) is 4.79 Å². The van der Waals surface area contributed by atoms with E-state index >= 15 is 0 Å². The number of fused-ring (bicyclic) bond motifs is 2. The van der Waals surface area contributed by atoms with Crippen LogP contribution in [0.2, 0.25) is 0 Å². The number of carbonyl (C=O) groups is 1. The summed E-state index contributed by atoms with van der Waals surface area (Å²) >= 11 is 0. The number of benzene rings is 2. The summed E-state index contributed by atoms with van der Waals surface area (Å²) in [6.07, 6.45) is 1.17. The van der Waals surface area contributed by atoms with Crippen molar-refractivity contribution in [3.8, 4) is 0 Å². The molecule has 2 aliphatic carbocycles. The van der Waals surface area contributed by atoms with Gasteiger partial charge in [0.05, 0.1) is 15.5 Å². The zero-order valence-corrected chi connectivity index (χ0v) is 20.8. The molecule has 0 amide bonds. The molecule has 0 aliphatic heterocycles. The third-order valence-electron chi connectivity index (χ3n) is 7.53. The van der Waals surface area contributed by atoms with Crippen LogP contribution in [0, 0.1) is 16.7 Å². The number of sulfone groups is 3. The lowest BCUT2D eigenvalue weighted by molar-refractivity contribution is -0.128. The van der Waals surface area contributed by atoms with Gasteiger partial charge in [0.1, 0.15) is 5.78 Å². The van der Waals surface area contributed by atoms with Crippen LogP contribution in [-0.4, -0.2) is 40.7 Å². The van der Waals surface area contributed by atoms with E-state index in [1.807, 2.05) is 13.8 Å². The molecule has 2 atom stereocenters. The molecule has 2 bridgehead atoms. The molecule has 33 heavy (non-hydrogen) atoms. The Balaban J connectivity index is 1.91. The van der Waals surface area contributed by atoms with Gasteiger partial charge in [0.15, 0.2) is 9.84 Å². The van der Waals surface area contributed by atoms with E-state index < -0.39 is 59.8 Å². The van der Waals surface area contributed by atoms with Crippen LogP contribution in [-0.2, 0) is 34.3 Å². The monoisotopic (exact) mass is 510 g/mol. The normalized spacial score (nSPS) is 24.9. The first-order valence-electron chi connectivity index (χ1n) is 10.6. The molecule has 0 spiro atoms. The van der Waals surface area contributed by atoms with Crippen molar-refractivity contribution in [2.75, 3.05) is 5.75 Å². The van der Waals surface area contributed by atoms with Gasteiger partial charge in [-0.1, -0.05) is 50.2 Å². The van der Waals surface area contributed by atoms with E-state index in [9.17, 15) is 30.0 Å². The van der Waals surface area contributed by atoms with Crippen molar-refractivity contribution in [3.05, 3.63) is 60.7 Å². The Labute approximate surface area is 195 Å². The molecule has 4 rings (SSSR count). The lowest BCUT2D eigenvalue weighted by Gasteiger charge is -2.37. The minimum absolute atomic E-state index is 0.00453. The van der Waals surface area contributed by atoms with E-state index in [0.717, 1.165) is 0 Å². The molecular formula is C23H26O7S3. The van der Waals surface area contributed by atoms with Gasteiger partial charge in [0.2, 0.25) is 19.7 Å². The standard InChI is InChI=1S/C23H26O7S3/c1-22(2)17-13-14-23(22,20(24)15-17)16-31(25,26)21(32(27,28)18-9-5-3-6-10-18)33(29,30)19-11-7-4-8-12-19/h3-12,17,21H,13-16H2,1-2H3. The first kappa shape index (κ1) is 24.1. The molecule has 0 N–H and O–H groups in total. The van der Waals surface area contributed by atoms with Gasteiger partial charge < -0.3 is 0 Å². The minimum Gasteiger partial charge on any atom is -0.299 e.